The predicted molar refractivity (Wildman–Crippen MR) is 268 cm³/mol. The topological polar surface area (TPSA) is 215 Å². The molecule has 0 aliphatic carbocycles. The lowest BCUT2D eigenvalue weighted by molar-refractivity contribution is -0.139. The van der Waals surface area contributed by atoms with Crippen LogP contribution in [0.15, 0.2) is 139 Å². The third-order valence-electron chi connectivity index (χ3n) is 12.7. The van der Waals surface area contributed by atoms with Crippen LogP contribution in [0.4, 0.5) is 18.4 Å². The van der Waals surface area contributed by atoms with Gasteiger partial charge in [0.25, 0.3) is 11.5 Å². The number of rotatable bonds is 11. The van der Waals surface area contributed by atoms with Crippen LogP contribution in [0.5, 0.6) is 23.5 Å². The lowest BCUT2D eigenvalue weighted by Gasteiger charge is -2.27. The first-order valence-corrected chi connectivity index (χ1v) is 24.7. The summed E-state index contributed by atoms with van der Waals surface area (Å²) in [4.78, 5) is 86.1. The second-order valence-electron chi connectivity index (χ2n) is 17.9. The first-order valence-electron chi connectivity index (χ1n) is 24.7. The van der Waals surface area contributed by atoms with Crippen molar-refractivity contribution in [2.75, 3.05) is 65.7 Å². The molecule has 11 rings (SSSR count). The maximum atomic E-state index is 13.7. The largest absolute Gasteiger partial charge is 0.442 e. The van der Waals surface area contributed by atoms with E-state index in [-0.39, 0.29) is 55.9 Å². The summed E-state index contributed by atoms with van der Waals surface area (Å²) in [6, 6.07) is 32.4. The Hall–Kier alpha value is -9.09. The van der Waals surface area contributed by atoms with E-state index in [0.717, 1.165) is 0 Å². The number of fused-ring (bicyclic) bond motifs is 1. The standard InChI is InChI=1S/C27H26FN5O6.C27H24FN5O5/c28-20-8-6-19(7-9-20)16-24(34)32-17-22(39-27(36)31-12-14-37-15-13-31)18-33(32)25(35)23-10-11-29-26(30-23)38-21-4-2-1-3-5-21;28-19-8-6-18(7-9-19)23-24(22-10-11-29-26(30-22)37-20-4-2-1-3-5-20)32-16-21(17-33(32)25(23)34)38-27(35)31-12-14-36-15-13-31/h1-11,22H,12-18H2;1-11,21H,12-17H2. The van der Waals surface area contributed by atoms with E-state index in [1.807, 2.05) is 24.3 Å². The van der Waals surface area contributed by atoms with E-state index in [1.165, 1.54) is 68.3 Å². The second-order valence-corrected chi connectivity index (χ2v) is 17.9. The van der Waals surface area contributed by atoms with Gasteiger partial charge in [-0.15, -0.1) is 0 Å². The summed E-state index contributed by atoms with van der Waals surface area (Å²) in [5, 5.41) is 2.44. The van der Waals surface area contributed by atoms with Crippen LogP contribution in [0.25, 0.3) is 22.5 Å². The Balaban J connectivity index is 0.000000175. The third-order valence-corrected chi connectivity index (χ3v) is 12.7. The molecule has 3 fully saturated rings. The summed E-state index contributed by atoms with van der Waals surface area (Å²) in [7, 11) is 0. The van der Waals surface area contributed by atoms with Crippen LogP contribution >= 0.6 is 0 Å². The fourth-order valence-electron chi connectivity index (χ4n) is 8.91. The molecule has 0 N–H and O–H groups in total. The van der Waals surface area contributed by atoms with Crippen molar-refractivity contribution >= 4 is 24.0 Å². The highest BCUT2D eigenvalue weighted by Gasteiger charge is 2.41. The zero-order valence-electron chi connectivity index (χ0n) is 41.3. The molecule has 3 saturated heterocycles. The molecule has 7 heterocycles. The van der Waals surface area contributed by atoms with Gasteiger partial charge in [0.1, 0.15) is 41.0 Å². The Morgan fingerprint density at radius 1 is 0.571 bits per heavy atom. The molecule has 0 spiro atoms. The van der Waals surface area contributed by atoms with Crippen molar-refractivity contribution in [3.63, 3.8) is 0 Å². The SMILES string of the molecule is O=C(OC1CN(C(=O)Cc2ccc(F)cc2)N(C(=O)c2ccnc(Oc3ccccc3)n2)C1)N1CCOCC1.O=C(OC1Cn2c(-c3ccnc(Oc4ccccc4)n3)c(-c3ccc(F)cc3)c(=O)n2C1)N1CCOCC1. The highest BCUT2D eigenvalue weighted by molar-refractivity contribution is 5.94. The lowest BCUT2D eigenvalue weighted by Crippen LogP contribution is -2.45. The monoisotopic (exact) mass is 1050 g/mol. The quantitative estimate of drug-likeness (QED) is 0.140. The van der Waals surface area contributed by atoms with Crippen molar-refractivity contribution in [3.05, 3.63) is 167 Å². The molecule has 4 aliphatic rings. The fraction of sp³-hybridized carbons (Fsp3) is 0.278. The van der Waals surface area contributed by atoms with Gasteiger partial charge in [-0.05, 0) is 71.8 Å². The molecule has 4 aromatic carbocycles. The Bertz CT molecular complexity index is 3270. The second kappa shape index (κ2) is 23.6. The first-order chi connectivity index (χ1) is 37.5. The van der Waals surface area contributed by atoms with Crippen LogP contribution in [-0.2, 0) is 43.3 Å². The van der Waals surface area contributed by atoms with Crippen LogP contribution < -0.4 is 15.0 Å². The number of amides is 4. The van der Waals surface area contributed by atoms with E-state index < -0.39 is 47.8 Å². The molecule has 4 amide bonds. The number of benzene rings is 4. The molecular weight excluding hydrogens is 1000 g/mol. The highest BCUT2D eigenvalue weighted by atomic mass is 19.1. The number of ether oxygens (including phenoxy) is 6. The van der Waals surface area contributed by atoms with Gasteiger partial charge in [-0.2, -0.15) is 9.97 Å². The molecular formula is C54H50F2N10O11. The summed E-state index contributed by atoms with van der Waals surface area (Å²) in [6.45, 7) is 3.81. The summed E-state index contributed by atoms with van der Waals surface area (Å²) in [5.41, 5.74) is 2.15. The van der Waals surface area contributed by atoms with Crippen molar-refractivity contribution in [2.24, 2.45) is 0 Å². The van der Waals surface area contributed by atoms with Gasteiger partial charge < -0.3 is 38.2 Å². The van der Waals surface area contributed by atoms with Crippen LogP contribution in [0.2, 0.25) is 0 Å². The van der Waals surface area contributed by atoms with Crippen LogP contribution in [0.1, 0.15) is 16.1 Å². The van der Waals surface area contributed by atoms with Gasteiger partial charge in [0, 0.05) is 38.6 Å². The Morgan fingerprint density at radius 2 is 1.08 bits per heavy atom. The number of para-hydroxylation sites is 2. The molecule has 0 bridgehead atoms. The van der Waals surface area contributed by atoms with Gasteiger partial charge in [0.05, 0.1) is 76.0 Å². The Morgan fingerprint density at radius 3 is 1.66 bits per heavy atom. The molecule has 2 unspecified atom stereocenters. The molecule has 23 heteroatoms. The van der Waals surface area contributed by atoms with E-state index in [2.05, 4.69) is 19.9 Å². The van der Waals surface area contributed by atoms with Crippen molar-refractivity contribution in [2.45, 2.75) is 31.7 Å². The van der Waals surface area contributed by atoms with Crippen molar-refractivity contribution in [3.8, 4) is 46.0 Å². The Kier molecular flexibility index (Phi) is 15.8. The minimum atomic E-state index is -0.761. The number of nitrogens with zero attached hydrogens (tertiary/aromatic N) is 10. The van der Waals surface area contributed by atoms with E-state index in [4.69, 9.17) is 28.4 Å². The Labute approximate surface area is 438 Å². The minimum absolute atomic E-state index is 0.00401. The zero-order chi connectivity index (χ0) is 53.3. The number of hydrogen-bond acceptors (Lipinski definition) is 15. The number of hydrazine groups is 1. The number of halogens is 2. The van der Waals surface area contributed by atoms with Gasteiger partial charge in [-0.3, -0.25) is 19.1 Å². The van der Waals surface area contributed by atoms with E-state index in [9.17, 15) is 32.8 Å². The van der Waals surface area contributed by atoms with Gasteiger partial charge in [0.15, 0.2) is 0 Å². The lowest BCUT2D eigenvalue weighted by atomic mass is 10.0. The average Bonchev–Trinajstić information content (AvgIpc) is 4.34. The van der Waals surface area contributed by atoms with Crippen molar-refractivity contribution in [1.82, 2.24) is 49.1 Å². The smallest absolute Gasteiger partial charge is 0.410 e. The number of aromatic nitrogens is 6. The minimum Gasteiger partial charge on any atom is -0.442 e. The molecule has 77 heavy (non-hydrogen) atoms. The first kappa shape index (κ1) is 51.4. The molecule has 21 nitrogen and oxygen atoms in total. The van der Waals surface area contributed by atoms with Crippen LogP contribution in [-0.4, -0.2) is 151 Å². The highest BCUT2D eigenvalue weighted by Crippen LogP contribution is 2.33. The maximum absolute atomic E-state index is 13.7. The number of carbonyl (C=O) groups is 4. The van der Waals surface area contributed by atoms with E-state index in [0.29, 0.717) is 92.2 Å². The molecule has 7 aromatic rings. The molecule has 2 atom stereocenters. The molecule has 4 aliphatic heterocycles. The van der Waals surface area contributed by atoms with Crippen molar-refractivity contribution in [1.29, 1.82) is 0 Å². The third kappa shape index (κ3) is 12.4. The molecule has 396 valence electrons. The summed E-state index contributed by atoms with van der Waals surface area (Å²) in [5.74, 6) is -0.774. The van der Waals surface area contributed by atoms with Crippen LogP contribution in [0.3, 0.4) is 0 Å². The molecule has 0 saturated carbocycles. The number of carbonyl (C=O) groups excluding carboxylic acids is 4. The van der Waals surface area contributed by atoms with Gasteiger partial charge in [-0.25, -0.2) is 43.0 Å². The average molecular weight is 1050 g/mol. The van der Waals surface area contributed by atoms with Crippen LogP contribution in [0, 0.1) is 11.6 Å². The zero-order valence-corrected chi connectivity index (χ0v) is 41.3. The van der Waals surface area contributed by atoms with Crippen molar-refractivity contribution < 1.29 is 56.4 Å². The maximum Gasteiger partial charge on any atom is 0.410 e. The summed E-state index contributed by atoms with van der Waals surface area (Å²) in [6.07, 6.45) is 0.580. The summed E-state index contributed by atoms with van der Waals surface area (Å²) < 4.78 is 63.8. The fourth-order valence-corrected chi connectivity index (χ4v) is 8.91. The molecule has 3 aromatic heterocycles. The predicted octanol–water partition coefficient (Wildman–Crippen LogP) is 6.24. The summed E-state index contributed by atoms with van der Waals surface area (Å²) >= 11 is 0. The van der Waals surface area contributed by atoms with E-state index in [1.54, 1.807) is 70.4 Å². The number of hydrogen-bond donors (Lipinski definition) is 0. The van der Waals surface area contributed by atoms with Gasteiger partial charge in [-0.1, -0.05) is 60.7 Å². The normalized spacial score (nSPS) is 17.0. The van der Waals surface area contributed by atoms with Gasteiger partial charge in [0.2, 0.25) is 5.91 Å². The molecule has 0 radical (unpaired) electrons. The van der Waals surface area contributed by atoms with E-state index >= 15 is 0 Å². The van der Waals surface area contributed by atoms with Gasteiger partial charge >= 0.3 is 24.2 Å². The number of morpholine rings is 2.